The molecule has 3 amide bonds. The Morgan fingerprint density at radius 2 is 2.00 bits per heavy atom. The molecule has 1 aliphatic rings. The summed E-state index contributed by atoms with van der Waals surface area (Å²) in [6, 6.07) is 6.98. The normalized spacial score (nSPS) is 16.0. The van der Waals surface area contributed by atoms with Crippen LogP contribution in [0, 0.1) is 19.8 Å². The third kappa shape index (κ3) is 5.29. The summed E-state index contributed by atoms with van der Waals surface area (Å²) in [5, 5.41) is 0.654. The number of hydrazine groups is 1. The Balaban J connectivity index is 1.43. The largest absolute Gasteiger partial charge is 0.484 e. The standard InChI is InChI=1S/C20H22ClN3O5/c1-12-6-16(7-13(2)19(12)21)29-11-17(25)22-23-20(27)14-8-18(26)24(9-14)10-15-4-3-5-28-15/h3-7,14H,8-11H2,1-2H3,(H,22,25)(H,23,27). The number of ether oxygens (including phenoxy) is 1. The topological polar surface area (TPSA) is 101 Å². The molecule has 0 saturated carbocycles. The molecule has 1 aromatic carbocycles. The molecule has 2 heterocycles. The van der Waals surface area contributed by atoms with Gasteiger partial charge in [0, 0.05) is 18.0 Å². The van der Waals surface area contributed by atoms with E-state index in [-0.39, 0.29) is 25.5 Å². The summed E-state index contributed by atoms with van der Waals surface area (Å²) in [5.41, 5.74) is 6.35. The molecule has 0 bridgehead atoms. The molecule has 0 spiro atoms. The van der Waals surface area contributed by atoms with E-state index in [1.165, 1.54) is 6.26 Å². The van der Waals surface area contributed by atoms with E-state index < -0.39 is 17.7 Å². The van der Waals surface area contributed by atoms with E-state index in [4.69, 9.17) is 20.8 Å². The van der Waals surface area contributed by atoms with Crippen LogP contribution in [0.15, 0.2) is 34.9 Å². The number of nitrogens with one attached hydrogen (secondary N) is 2. The molecule has 2 N–H and O–H groups in total. The molecule has 1 unspecified atom stereocenters. The molecule has 1 aromatic heterocycles. The Kier molecular flexibility index (Phi) is 6.43. The van der Waals surface area contributed by atoms with Gasteiger partial charge in [0.25, 0.3) is 5.91 Å². The molecule has 154 valence electrons. The first kappa shape index (κ1) is 20.7. The predicted molar refractivity (Wildman–Crippen MR) is 105 cm³/mol. The van der Waals surface area contributed by atoms with Gasteiger partial charge in [-0.2, -0.15) is 0 Å². The van der Waals surface area contributed by atoms with Crippen molar-refractivity contribution < 1.29 is 23.5 Å². The molecule has 1 aliphatic heterocycles. The summed E-state index contributed by atoms with van der Waals surface area (Å²) in [4.78, 5) is 37.8. The van der Waals surface area contributed by atoms with Crippen LogP contribution in [0.5, 0.6) is 5.75 Å². The van der Waals surface area contributed by atoms with Crippen LogP contribution in [-0.2, 0) is 20.9 Å². The second kappa shape index (κ2) is 9.00. The number of amides is 3. The van der Waals surface area contributed by atoms with Gasteiger partial charge in [0.15, 0.2) is 6.61 Å². The Bertz CT molecular complexity index is 890. The number of benzene rings is 1. The van der Waals surface area contributed by atoms with Gasteiger partial charge in [-0.1, -0.05) is 11.6 Å². The zero-order valence-electron chi connectivity index (χ0n) is 16.2. The molecule has 3 rings (SSSR count). The maximum atomic E-state index is 12.3. The molecule has 1 saturated heterocycles. The second-order valence-corrected chi connectivity index (χ2v) is 7.33. The molecule has 0 radical (unpaired) electrons. The van der Waals surface area contributed by atoms with Crippen LogP contribution in [-0.4, -0.2) is 35.8 Å². The molecule has 1 atom stereocenters. The van der Waals surface area contributed by atoms with Gasteiger partial charge in [0.2, 0.25) is 11.8 Å². The van der Waals surface area contributed by atoms with Gasteiger partial charge >= 0.3 is 0 Å². The number of nitrogens with zero attached hydrogens (tertiary/aromatic N) is 1. The maximum absolute atomic E-state index is 12.3. The third-order valence-electron chi connectivity index (χ3n) is 4.62. The molecule has 1 fully saturated rings. The lowest BCUT2D eigenvalue weighted by molar-refractivity contribution is -0.132. The lowest BCUT2D eigenvalue weighted by atomic mass is 10.1. The van der Waals surface area contributed by atoms with Crippen LogP contribution in [0.2, 0.25) is 5.02 Å². The van der Waals surface area contributed by atoms with Gasteiger partial charge in [-0.15, -0.1) is 0 Å². The second-order valence-electron chi connectivity index (χ2n) is 6.95. The van der Waals surface area contributed by atoms with E-state index in [9.17, 15) is 14.4 Å². The van der Waals surface area contributed by atoms with Gasteiger partial charge in [-0.05, 0) is 49.2 Å². The van der Waals surface area contributed by atoms with Crippen molar-refractivity contribution in [3.05, 3.63) is 52.4 Å². The molecule has 8 nitrogen and oxygen atoms in total. The Hall–Kier alpha value is -3.00. The Morgan fingerprint density at radius 1 is 1.28 bits per heavy atom. The van der Waals surface area contributed by atoms with E-state index in [2.05, 4.69) is 10.9 Å². The lowest BCUT2D eigenvalue weighted by Gasteiger charge is -2.15. The summed E-state index contributed by atoms with van der Waals surface area (Å²) < 4.78 is 10.7. The van der Waals surface area contributed by atoms with Crippen molar-refractivity contribution >= 4 is 29.3 Å². The van der Waals surface area contributed by atoms with Crippen molar-refractivity contribution in [2.45, 2.75) is 26.8 Å². The van der Waals surface area contributed by atoms with Crippen LogP contribution in [0.3, 0.4) is 0 Å². The SMILES string of the molecule is Cc1cc(OCC(=O)NNC(=O)C2CC(=O)N(Cc3ccco3)C2)cc(C)c1Cl. The number of aryl methyl sites for hydroxylation is 2. The van der Waals surface area contributed by atoms with Crippen LogP contribution in [0.4, 0.5) is 0 Å². The number of carbonyl (C=O) groups excluding carboxylic acids is 3. The van der Waals surface area contributed by atoms with Crippen molar-refractivity contribution in [1.29, 1.82) is 0 Å². The minimum absolute atomic E-state index is 0.0856. The number of hydrogen-bond donors (Lipinski definition) is 2. The fraction of sp³-hybridized carbons (Fsp3) is 0.350. The fourth-order valence-corrected chi connectivity index (χ4v) is 3.21. The number of furan rings is 1. The van der Waals surface area contributed by atoms with Crippen LogP contribution < -0.4 is 15.6 Å². The first-order valence-electron chi connectivity index (χ1n) is 9.12. The summed E-state index contributed by atoms with van der Waals surface area (Å²) in [7, 11) is 0. The number of carbonyl (C=O) groups is 3. The monoisotopic (exact) mass is 419 g/mol. The van der Waals surface area contributed by atoms with Gasteiger partial charge in [-0.25, -0.2) is 0 Å². The highest BCUT2D eigenvalue weighted by Crippen LogP contribution is 2.25. The molecule has 9 heteroatoms. The molecule has 29 heavy (non-hydrogen) atoms. The quantitative estimate of drug-likeness (QED) is 0.698. The van der Waals surface area contributed by atoms with Crippen molar-refractivity contribution in [2.24, 2.45) is 5.92 Å². The summed E-state index contributed by atoms with van der Waals surface area (Å²) in [5.74, 6) is -0.449. The first-order valence-corrected chi connectivity index (χ1v) is 9.49. The molecular formula is C20H22ClN3O5. The summed E-state index contributed by atoms with van der Waals surface area (Å²) >= 11 is 6.10. The average molecular weight is 420 g/mol. The third-order valence-corrected chi connectivity index (χ3v) is 5.21. The average Bonchev–Trinajstić information content (AvgIpc) is 3.32. The Morgan fingerprint density at radius 3 is 2.66 bits per heavy atom. The van der Waals surface area contributed by atoms with Gasteiger partial charge < -0.3 is 14.1 Å². The highest BCUT2D eigenvalue weighted by molar-refractivity contribution is 6.32. The van der Waals surface area contributed by atoms with E-state index >= 15 is 0 Å². The van der Waals surface area contributed by atoms with E-state index in [1.54, 1.807) is 29.2 Å². The van der Waals surface area contributed by atoms with E-state index in [0.717, 1.165) is 11.1 Å². The molecule has 0 aliphatic carbocycles. The number of hydrogen-bond acceptors (Lipinski definition) is 5. The fourth-order valence-electron chi connectivity index (χ4n) is 3.10. The minimum atomic E-state index is -0.541. The molecular weight excluding hydrogens is 398 g/mol. The summed E-state index contributed by atoms with van der Waals surface area (Å²) in [6.07, 6.45) is 1.62. The zero-order valence-corrected chi connectivity index (χ0v) is 16.9. The van der Waals surface area contributed by atoms with Crippen LogP contribution in [0.1, 0.15) is 23.3 Å². The van der Waals surface area contributed by atoms with Crippen molar-refractivity contribution in [3.8, 4) is 5.75 Å². The Labute approximate surface area is 173 Å². The van der Waals surface area contributed by atoms with Crippen molar-refractivity contribution in [2.75, 3.05) is 13.2 Å². The van der Waals surface area contributed by atoms with Crippen molar-refractivity contribution in [1.82, 2.24) is 15.8 Å². The highest BCUT2D eigenvalue weighted by Gasteiger charge is 2.34. The zero-order chi connectivity index (χ0) is 21.0. The lowest BCUT2D eigenvalue weighted by Crippen LogP contribution is -2.46. The number of likely N-dealkylation sites (tertiary alicyclic amines) is 1. The predicted octanol–water partition coefficient (Wildman–Crippen LogP) is 2.12. The minimum Gasteiger partial charge on any atom is -0.484 e. The van der Waals surface area contributed by atoms with E-state index in [1.807, 2.05) is 13.8 Å². The molecule has 2 aromatic rings. The van der Waals surface area contributed by atoms with E-state index in [0.29, 0.717) is 23.1 Å². The smallest absolute Gasteiger partial charge is 0.276 e. The number of rotatable bonds is 6. The van der Waals surface area contributed by atoms with Gasteiger partial charge in [-0.3, -0.25) is 25.2 Å². The first-order chi connectivity index (χ1) is 13.8. The number of halogens is 1. The van der Waals surface area contributed by atoms with Crippen LogP contribution >= 0.6 is 11.6 Å². The van der Waals surface area contributed by atoms with Crippen molar-refractivity contribution in [3.63, 3.8) is 0 Å². The van der Waals surface area contributed by atoms with Crippen LogP contribution in [0.25, 0.3) is 0 Å². The highest BCUT2D eigenvalue weighted by atomic mass is 35.5. The maximum Gasteiger partial charge on any atom is 0.276 e. The van der Waals surface area contributed by atoms with Gasteiger partial charge in [0.1, 0.15) is 11.5 Å². The summed E-state index contributed by atoms with van der Waals surface area (Å²) in [6.45, 7) is 4.01. The van der Waals surface area contributed by atoms with Gasteiger partial charge in [0.05, 0.1) is 18.7 Å².